The first-order chi connectivity index (χ1) is 9.14. The molecule has 3 nitrogen and oxygen atoms in total. The highest BCUT2D eigenvalue weighted by Crippen LogP contribution is 2.27. The van der Waals surface area contributed by atoms with Crippen molar-refractivity contribution < 1.29 is 14.0 Å². The van der Waals surface area contributed by atoms with Crippen LogP contribution in [-0.4, -0.2) is 28.0 Å². The molecular formula is C15H30O3Si. The summed E-state index contributed by atoms with van der Waals surface area (Å²) in [6.07, 6.45) is 6.88. The second kappa shape index (κ2) is 11.2. The van der Waals surface area contributed by atoms with Crippen LogP contribution in [0.4, 0.5) is 0 Å². The maximum absolute atomic E-state index is 10.9. The molecule has 0 N–H and O–H groups in total. The van der Waals surface area contributed by atoms with Crippen molar-refractivity contribution in [3.05, 3.63) is 12.7 Å². The molecular weight excluding hydrogens is 256 g/mol. The maximum atomic E-state index is 10.9. The van der Waals surface area contributed by atoms with E-state index in [9.17, 15) is 4.79 Å². The number of hydrogen-bond donors (Lipinski definition) is 0. The van der Waals surface area contributed by atoms with E-state index in [4.69, 9.17) is 9.16 Å². The van der Waals surface area contributed by atoms with E-state index in [2.05, 4.69) is 20.4 Å². The Morgan fingerprint density at radius 2 is 1.74 bits per heavy atom. The van der Waals surface area contributed by atoms with E-state index in [1.807, 2.05) is 7.11 Å². The number of hydrogen-bond acceptors (Lipinski definition) is 3. The minimum atomic E-state index is -1.48. The molecule has 0 unspecified atom stereocenters. The van der Waals surface area contributed by atoms with Crippen molar-refractivity contribution in [2.75, 3.05) is 13.7 Å². The van der Waals surface area contributed by atoms with Gasteiger partial charge in [0.2, 0.25) is 0 Å². The molecule has 0 aromatic carbocycles. The molecule has 0 rings (SSSR count). The van der Waals surface area contributed by atoms with Gasteiger partial charge in [0.25, 0.3) is 0 Å². The summed E-state index contributed by atoms with van der Waals surface area (Å²) in [4.78, 5) is 10.9. The van der Waals surface area contributed by atoms with Crippen molar-refractivity contribution in [3.63, 3.8) is 0 Å². The highest BCUT2D eigenvalue weighted by Gasteiger charge is 2.30. The zero-order valence-electron chi connectivity index (χ0n) is 12.9. The lowest BCUT2D eigenvalue weighted by Gasteiger charge is -2.29. The number of carbonyl (C=O) groups is 1. The van der Waals surface area contributed by atoms with Gasteiger partial charge in [-0.15, -0.1) is 0 Å². The van der Waals surface area contributed by atoms with Crippen LogP contribution in [0.25, 0.3) is 0 Å². The van der Waals surface area contributed by atoms with Crippen molar-refractivity contribution in [2.24, 2.45) is 0 Å². The number of esters is 1. The topological polar surface area (TPSA) is 35.5 Å². The molecule has 0 bridgehead atoms. The molecule has 0 aromatic heterocycles. The van der Waals surface area contributed by atoms with Gasteiger partial charge in [0.1, 0.15) is 0 Å². The Labute approximate surface area is 119 Å². The summed E-state index contributed by atoms with van der Waals surface area (Å²) in [6.45, 7) is 8.36. The number of ether oxygens (including phenoxy) is 1. The first kappa shape index (κ1) is 18.4. The summed E-state index contributed by atoms with van der Waals surface area (Å²) in [6, 6.07) is 3.77. The lowest BCUT2D eigenvalue weighted by atomic mass is 10.3. The molecule has 0 aromatic rings. The van der Waals surface area contributed by atoms with Crippen LogP contribution in [0.5, 0.6) is 0 Å². The Kier molecular flexibility index (Phi) is 10.9. The average Bonchev–Trinajstić information content (AvgIpc) is 2.42. The Hall–Kier alpha value is -0.613. The number of rotatable bonds is 12. The Bertz CT molecular complexity index is 248. The van der Waals surface area contributed by atoms with Crippen LogP contribution in [0.3, 0.4) is 0 Å². The van der Waals surface area contributed by atoms with Crippen molar-refractivity contribution in [1.82, 2.24) is 0 Å². The van der Waals surface area contributed by atoms with E-state index in [0.717, 1.165) is 12.8 Å². The monoisotopic (exact) mass is 286 g/mol. The third kappa shape index (κ3) is 8.21. The van der Waals surface area contributed by atoms with E-state index in [1.54, 1.807) is 0 Å². The molecule has 0 aliphatic heterocycles. The molecule has 0 aliphatic carbocycles. The predicted molar refractivity (Wildman–Crippen MR) is 82.8 cm³/mol. The normalized spacial score (nSPS) is 11.3. The summed E-state index contributed by atoms with van der Waals surface area (Å²) < 4.78 is 10.9. The molecule has 0 aliphatic rings. The van der Waals surface area contributed by atoms with E-state index in [1.165, 1.54) is 43.5 Å². The zero-order chi connectivity index (χ0) is 14.6. The van der Waals surface area contributed by atoms with E-state index in [-0.39, 0.29) is 5.97 Å². The maximum Gasteiger partial charge on any atom is 0.330 e. The van der Waals surface area contributed by atoms with Gasteiger partial charge in [0.15, 0.2) is 8.32 Å². The van der Waals surface area contributed by atoms with Crippen molar-refractivity contribution >= 4 is 14.3 Å². The van der Waals surface area contributed by atoms with Gasteiger partial charge in [0, 0.05) is 13.2 Å². The second-order valence-electron chi connectivity index (χ2n) is 5.07. The third-order valence-electron chi connectivity index (χ3n) is 3.53. The lowest BCUT2D eigenvalue weighted by molar-refractivity contribution is -0.137. The van der Waals surface area contributed by atoms with E-state index >= 15 is 0 Å². The van der Waals surface area contributed by atoms with E-state index in [0.29, 0.717) is 6.61 Å². The van der Waals surface area contributed by atoms with Gasteiger partial charge in [-0.1, -0.05) is 46.1 Å². The predicted octanol–water partition coefficient (Wildman–Crippen LogP) is 4.30. The summed E-state index contributed by atoms with van der Waals surface area (Å²) in [7, 11) is 0.410. The van der Waals surface area contributed by atoms with Gasteiger partial charge in [-0.25, -0.2) is 4.79 Å². The van der Waals surface area contributed by atoms with Crippen LogP contribution >= 0.6 is 0 Å². The van der Waals surface area contributed by atoms with Gasteiger partial charge in [-0.3, -0.25) is 0 Å². The van der Waals surface area contributed by atoms with Crippen molar-refractivity contribution in [3.8, 4) is 0 Å². The molecule has 0 atom stereocenters. The van der Waals surface area contributed by atoms with Crippen LogP contribution in [-0.2, 0) is 14.0 Å². The molecule has 0 amide bonds. The van der Waals surface area contributed by atoms with Gasteiger partial charge < -0.3 is 9.16 Å². The van der Waals surface area contributed by atoms with Gasteiger partial charge in [0.05, 0.1) is 6.61 Å². The Balaban J connectivity index is 3.86. The largest absolute Gasteiger partial charge is 0.463 e. The highest BCUT2D eigenvalue weighted by atomic mass is 28.4. The molecule has 0 spiro atoms. The first-order valence-corrected chi connectivity index (χ1v) is 10.0. The van der Waals surface area contributed by atoms with Crippen LogP contribution in [0.15, 0.2) is 12.7 Å². The molecule has 112 valence electrons. The molecule has 0 heterocycles. The van der Waals surface area contributed by atoms with Gasteiger partial charge in [-0.05, 0) is 24.6 Å². The summed E-state index contributed by atoms with van der Waals surface area (Å²) in [5.74, 6) is -0.322. The third-order valence-corrected chi connectivity index (χ3v) is 8.49. The molecule has 4 heteroatoms. The fourth-order valence-electron chi connectivity index (χ4n) is 2.55. The first-order valence-electron chi connectivity index (χ1n) is 7.48. The minimum Gasteiger partial charge on any atom is -0.463 e. The average molecular weight is 286 g/mol. The van der Waals surface area contributed by atoms with Crippen LogP contribution in [0, 0.1) is 0 Å². The Morgan fingerprint density at radius 3 is 2.21 bits per heavy atom. The SMILES string of the molecule is C=CC(=O)OCCCCC[Si](CCC)(CCC)OC. The zero-order valence-corrected chi connectivity index (χ0v) is 13.9. The smallest absolute Gasteiger partial charge is 0.330 e. The van der Waals surface area contributed by atoms with E-state index < -0.39 is 8.32 Å². The molecule has 0 saturated heterocycles. The quantitative estimate of drug-likeness (QED) is 0.232. The fourth-order valence-corrected chi connectivity index (χ4v) is 6.63. The van der Waals surface area contributed by atoms with Gasteiger partial charge in [-0.2, -0.15) is 0 Å². The minimum absolute atomic E-state index is 0.322. The molecule has 0 fully saturated rings. The molecule has 0 radical (unpaired) electrons. The molecule has 19 heavy (non-hydrogen) atoms. The summed E-state index contributed by atoms with van der Waals surface area (Å²) >= 11 is 0. The molecule has 0 saturated carbocycles. The van der Waals surface area contributed by atoms with Crippen molar-refractivity contribution in [1.29, 1.82) is 0 Å². The summed E-state index contributed by atoms with van der Waals surface area (Å²) in [5, 5.41) is 0. The highest BCUT2D eigenvalue weighted by molar-refractivity contribution is 6.73. The fraction of sp³-hybridized carbons (Fsp3) is 0.800. The van der Waals surface area contributed by atoms with Gasteiger partial charge >= 0.3 is 5.97 Å². The summed E-state index contributed by atoms with van der Waals surface area (Å²) in [5.41, 5.74) is 0. The van der Waals surface area contributed by atoms with Crippen LogP contribution in [0.1, 0.15) is 46.0 Å². The number of unbranched alkanes of at least 4 members (excludes halogenated alkanes) is 2. The van der Waals surface area contributed by atoms with Crippen LogP contribution in [0.2, 0.25) is 18.1 Å². The van der Waals surface area contributed by atoms with Crippen LogP contribution < -0.4 is 0 Å². The Morgan fingerprint density at radius 1 is 1.11 bits per heavy atom. The van der Waals surface area contributed by atoms with Crippen molar-refractivity contribution in [2.45, 2.75) is 64.1 Å². The number of carbonyl (C=O) groups excluding carboxylic acids is 1. The standard InChI is InChI=1S/C15H30O3Si/c1-5-12-19(17-4,13-6-2)14-10-8-9-11-18-15(16)7-3/h7H,3,5-6,8-14H2,1-2,4H3. The lowest BCUT2D eigenvalue weighted by Crippen LogP contribution is -2.36. The second-order valence-corrected chi connectivity index (χ2v) is 9.34.